The lowest BCUT2D eigenvalue weighted by Gasteiger charge is -2.07. The highest BCUT2D eigenvalue weighted by Gasteiger charge is 2.13. The summed E-state index contributed by atoms with van der Waals surface area (Å²) in [5.41, 5.74) is 2.66. The van der Waals surface area contributed by atoms with Gasteiger partial charge in [0.25, 0.3) is 5.22 Å². The molecule has 0 saturated heterocycles. The van der Waals surface area contributed by atoms with Gasteiger partial charge in [0.1, 0.15) is 0 Å². The van der Waals surface area contributed by atoms with E-state index in [1.807, 2.05) is 49.4 Å². The van der Waals surface area contributed by atoms with E-state index >= 15 is 0 Å². The van der Waals surface area contributed by atoms with E-state index in [0.29, 0.717) is 11.1 Å². The van der Waals surface area contributed by atoms with E-state index < -0.39 is 0 Å². The normalized spacial score (nSPS) is 10.7. The highest BCUT2D eigenvalue weighted by atomic mass is 127. The van der Waals surface area contributed by atoms with Crippen LogP contribution in [0.15, 0.2) is 56.6 Å². The Hall–Kier alpha value is -1.39. The summed E-state index contributed by atoms with van der Waals surface area (Å²) in [6.45, 7) is 1.97. The van der Waals surface area contributed by atoms with E-state index in [4.69, 9.17) is 4.42 Å². The van der Waals surface area contributed by atoms with Gasteiger partial charge in [-0.05, 0) is 81.3 Å². The highest BCUT2D eigenvalue weighted by Crippen LogP contribution is 2.29. The van der Waals surface area contributed by atoms with Crippen molar-refractivity contribution in [1.82, 2.24) is 10.2 Å². The number of nitrogens with one attached hydrogen (secondary N) is 1. The lowest BCUT2D eigenvalue weighted by Crippen LogP contribution is -2.14. The summed E-state index contributed by atoms with van der Waals surface area (Å²) in [5.74, 6) is 0.502. The fourth-order valence-corrected chi connectivity index (χ4v) is 3.76. The monoisotopic (exact) mass is 529 g/mol. The molecule has 0 fully saturated rings. The number of hydrogen-bond acceptors (Lipinski definition) is 5. The molecule has 128 valence electrons. The van der Waals surface area contributed by atoms with Crippen LogP contribution in [0.2, 0.25) is 0 Å². The minimum atomic E-state index is -0.116. The number of carbonyl (C=O) groups excluding carboxylic acids is 1. The Morgan fingerprint density at radius 3 is 2.84 bits per heavy atom. The largest absolute Gasteiger partial charge is 0.411 e. The second-order valence-corrected chi connectivity index (χ2v) is 8.18. The molecule has 0 bridgehead atoms. The topological polar surface area (TPSA) is 68.0 Å². The smallest absolute Gasteiger partial charge is 0.277 e. The average Bonchev–Trinajstić information content (AvgIpc) is 3.05. The van der Waals surface area contributed by atoms with Crippen LogP contribution in [0.4, 0.5) is 5.69 Å². The van der Waals surface area contributed by atoms with Gasteiger partial charge in [0.15, 0.2) is 0 Å². The minimum Gasteiger partial charge on any atom is -0.411 e. The molecule has 1 amide bonds. The number of amides is 1. The van der Waals surface area contributed by atoms with Crippen molar-refractivity contribution >= 4 is 61.9 Å². The molecule has 0 unspecified atom stereocenters. The Morgan fingerprint density at radius 2 is 2.08 bits per heavy atom. The molecular formula is C17H13BrIN3O2S. The van der Waals surface area contributed by atoms with Crippen LogP contribution in [-0.2, 0) is 4.79 Å². The van der Waals surface area contributed by atoms with Crippen LogP contribution in [0.3, 0.4) is 0 Å². The minimum absolute atomic E-state index is 0.116. The lowest BCUT2D eigenvalue weighted by atomic mass is 10.2. The molecule has 3 rings (SSSR count). The zero-order valence-corrected chi connectivity index (χ0v) is 17.7. The Morgan fingerprint density at radius 1 is 1.28 bits per heavy atom. The molecule has 3 aromatic rings. The van der Waals surface area contributed by atoms with Gasteiger partial charge in [-0.15, -0.1) is 10.2 Å². The van der Waals surface area contributed by atoms with Crippen molar-refractivity contribution in [2.45, 2.75) is 12.1 Å². The number of aryl methyl sites for hydroxylation is 1. The first-order chi connectivity index (χ1) is 12.0. The number of carbonyl (C=O) groups is 1. The van der Waals surface area contributed by atoms with Gasteiger partial charge in [0.05, 0.1) is 11.3 Å². The van der Waals surface area contributed by atoms with Crippen LogP contribution in [-0.4, -0.2) is 21.9 Å². The summed E-state index contributed by atoms with van der Waals surface area (Å²) in [6.07, 6.45) is 0. The van der Waals surface area contributed by atoms with E-state index in [1.54, 1.807) is 0 Å². The Balaban J connectivity index is 1.60. The van der Waals surface area contributed by atoms with Gasteiger partial charge in [0.2, 0.25) is 11.8 Å². The van der Waals surface area contributed by atoms with Crippen molar-refractivity contribution in [3.05, 3.63) is 56.1 Å². The third-order valence-electron chi connectivity index (χ3n) is 3.30. The molecule has 0 atom stereocenters. The van der Waals surface area contributed by atoms with Crippen LogP contribution < -0.4 is 5.32 Å². The van der Waals surface area contributed by atoms with Gasteiger partial charge in [-0.3, -0.25) is 4.79 Å². The van der Waals surface area contributed by atoms with Gasteiger partial charge in [-0.25, -0.2) is 0 Å². The van der Waals surface area contributed by atoms with Gasteiger partial charge in [0, 0.05) is 13.7 Å². The molecule has 0 saturated carbocycles. The predicted octanol–water partition coefficient (Wildman–Crippen LogP) is 5.14. The summed E-state index contributed by atoms with van der Waals surface area (Å²) in [5, 5.41) is 11.3. The molecule has 1 heterocycles. The molecule has 1 N–H and O–H groups in total. The summed E-state index contributed by atoms with van der Waals surface area (Å²) in [4.78, 5) is 12.1. The molecule has 0 aliphatic heterocycles. The lowest BCUT2D eigenvalue weighted by molar-refractivity contribution is -0.113. The van der Waals surface area contributed by atoms with E-state index in [9.17, 15) is 4.79 Å². The van der Waals surface area contributed by atoms with Crippen molar-refractivity contribution in [2.24, 2.45) is 0 Å². The van der Waals surface area contributed by atoms with Crippen molar-refractivity contribution in [2.75, 3.05) is 11.1 Å². The second kappa shape index (κ2) is 8.33. The number of hydrogen-bond donors (Lipinski definition) is 1. The van der Waals surface area contributed by atoms with Crippen LogP contribution in [0.1, 0.15) is 5.56 Å². The first-order valence-corrected chi connectivity index (χ1v) is 10.2. The number of halogens is 2. The maximum Gasteiger partial charge on any atom is 0.277 e. The first-order valence-electron chi connectivity index (χ1n) is 7.30. The zero-order valence-electron chi connectivity index (χ0n) is 13.1. The predicted molar refractivity (Wildman–Crippen MR) is 111 cm³/mol. The number of thioether (sulfide) groups is 1. The van der Waals surface area contributed by atoms with E-state index in [1.165, 1.54) is 11.8 Å². The number of rotatable bonds is 5. The molecule has 5 nitrogen and oxygen atoms in total. The van der Waals surface area contributed by atoms with Crippen LogP contribution in [0, 0.1) is 10.5 Å². The Kier molecular flexibility index (Phi) is 6.13. The molecule has 8 heteroatoms. The van der Waals surface area contributed by atoms with E-state index in [0.717, 1.165) is 24.9 Å². The van der Waals surface area contributed by atoms with Gasteiger partial charge in [-0.2, -0.15) is 0 Å². The molecule has 2 aromatic carbocycles. The molecule has 0 radical (unpaired) electrons. The maximum absolute atomic E-state index is 12.1. The first kappa shape index (κ1) is 18.4. The van der Waals surface area contributed by atoms with Crippen LogP contribution >= 0.6 is 50.3 Å². The van der Waals surface area contributed by atoms with Gasteiger partial charge in [-0.1, -0.05) is 23.9 Å². The summed E-state index contributed by atoms with van der Waals surface area (Å²) < 4.78 is 7.63. The average molecular weight is 530 g/mol. The van der Waals surface area contributed by atoms with Crippen molar-refractivity contribution < 1.29 is 9.21 Å². The summed E-state index contributed by atoms with van der Waals surface area (Å²) >= 11 is 6.90. The van der Waals surface area contributed by atoms with Crippen LogP contribution in [0.5, 0.6) is 0 Å². The van der Waals surface area contributed by atoms with E-state index in [-0.39, 0.29) is 11.7 Å². The van der Waals surface area contributed by atoms with Gasteiger partial charge < -0.3 is 9.73 Å². The third-order valence-corrected chi connectivity index (χ3v) is 5.48. The van der Waals surface area contributed by atoms with Crippen molar-refractivity contribution in [3.8, 4) is 11.5 Å². The standard InChI is InChI=1S/C17H13BrIN3O2S/c1-10-8-11(19)6-7-14(10)20-15(23)9-25-17-22-21-16(24-17)12-4-2-3-5-13(12)18/h2-8H,9H2,1H3,(H,20,23). The molecule has 0 aliphatic rings. The highest BCUT2D eigenvalue weighted by molar-refractivity contribution is 14.1. The molecule has 0 aliphatic carbocycles. The Labute approximate surface area is 171 Å². The van der Waals surface area contributed by atoms with E-state index in [2.05, 4.69) is 54.0 Å². The second-order valence-electron chi connectivity index (χ2n) is 5.15. The number of benzene rings is 2. The zero-order chi connectivity index (χ0) is 17.8. The SMILES string of the molecule is Cc1cc(I)ccc1NC(=O)CSc1nnc(-c2ccccc2Br)o1. The summed E-state index contributed by atoms with van der Waals surface area (Å²) in [7, 11) is 0. The molecule has 0 spiro atoms. The Bertz CT molecular complexity index is 916. The number of aromatic nitrogens is 2. The molecule has 25 heavy (non-hydrogen) atoms. The quantitative estimate of drug-likeness (QED) is 0.366. The number of anilines is 1. The van der Waals surface area contributed by atoms with Crippen molar-refractivity contribution in [3.63, 3.8) is 0 Å². The fraction of sp³-hybridized carbons (Fsp3) is 0.118. The maximum atomic E-state index is 12.1. The van der Waals surface area contributed by atoms with Crippen molar-refractivity contribution in [1.29, 1.82) is 0 Å². The molecular weight excluding hydrogens is 517 g/mol. The third kappa shape index (κ3) is 4.83. The fourth-order valence-electron chi connectivity index (χ4n) is 2.09. The van der Waals surface area contributed by atoms with Crippen LogP contribution in [0.25, 0.3) is 11.5 Å². The molecule has 1 aromatic heterocycles. The summed E-state index contributed by atoms with van der Waals surface area (Å²) in [6, 6.07) is 13.5. The number of nitrogens with zero attached hydrogens (tertiary/aromatic N) is 2. The van der Waals surface area contributed by atoms with Gasteiger partial charge >= 0.3 is 0 Å².